The van der Waals surface area contributed by atoms with Crippen molar-refractivity contribution in [1.82, 2.24) is 14.1 Å². The average Bonchev–Trinajstić information content (AvgIpc) is 1.97. The van der Waals surface area contributed by atoms with Crippen LogP contribution in [0.15, 0.2) is 176 Å². The van der Waals surface area contributed by atoms with E-state index in [1.807, 2.05) is 62.5 Å². The molecular weight excluding hydrogens is 1070 g/mol. The molecule has 2 aliphatic rings. The quantitative estimate of drug-likeness (QED) is 0.123. The number of hydrogen-bond acceptors (Lipinski definition) is 2. The number of imidazole rings is 1. The minimum atomic E-state index is -0.595. The largest absolute Gasteiger partial charge is 0.510 e. The number of nitrogens with zero attached hydrogens (tertiary/aromatic N) is 4. The van der Waals surface area contributed by atoms with Crippen LogP contribution in [0.4, 0.5) is 0 Å². The SMILES string of the molecule is [2H]c1c([2H])c([2H])c2c(c1[2H])-c1cccc(-c3c([2H])c([2H])c4c(c3[2H])C(C)(C)CCC4(C)C)c1-[n+]1[c-]n(-c3[c-]c(Oc4[c-]c5c(cc4)c4ccccc4n5-c4cc(CC(C)(C)C)ccn4)ccc3)c3cccc(c31)-c1c([2H])c([2H])c([2H])c([2H])c1-2.[Pt]. The van der Waals surface area contributed by atoms with Crippen molar-refractivity contribution in [1.29, 1.82) is 0 Å². The van der Waals surface area contributed by atoms with Crippen molar-refractivity contribution < 1.29 is 45.4 Å². The molecule has 4 heterocycles. The number of benzene rings is 8. The molecule has 5 nitrogen and oxygen atoms in total. The van der Waals surface area contributed by atoms with Gasteiger partial charge in [0.05, 0.1) is 31.8 Å². The summed E-state index contributed by atoms with van der Waals surface area (Å²) in [6.07, 6.45) is 7.77. The molecule has 1 aliphatic heterocycles. The fraction of sp³-hybridized carbons (Fsp3) is 0.194. The van der Waals surface area contributed by atoms with Crippen LogP contribution in [0, 0.1) is 23.9 Å². The van der Waals surface area contributed by atoms with E-state index in [-0.39, 0.29) is 89.2 Å². The summed E-state index contributed by atoms with van der Waals surface area (Å²) in [4.78, 5) is 4.86. The molecule has 0 saturated carbocycles. The fourth-order valence-electron chi connectivity index (χ4n) is 10.9. The molecule has 0 saturated heterocycles. The Balaban J connectivity index is 0.00000694. The molecule has 8 aromatic carbocycles. The molecule has 0 N–H and O–H groups in total. The standard InChI is InChI=1S/C67H56N4O.Pt/c1-65(2,3)41-43-33-36-68-62(37-43)71-59-27-13-12-23-53(59)54-31-30-47(40-61(54)71)72-46-18-14-17-45(39-46)69-42-70-63-48(44-29-32-57-58(38-44)67(6,7)35-34-66(57,4)5)24-15-25-55(63)51-21-10-8-19-49(51)50-20-9-11-22-52(50)56-26-16-28-60(69)64(56)70;/h8-33,36-38H,34-35,41H2,1-7H3;/q-2;/i8D,9D,10D,11D,19D,20D,21D,22D,29D,32D,38D;. The molecule has 362 valence electrons. The van der Waals surface area contributed by atoms with Crippen LogP contribution in [0.25, 0.3) is 94.5 Å². The fourth-order valence-corrected chi connectivity index (χ4v) is 10.9. The van der Waals surface area contributed by atoms with Gasteiger partial charge in [-0.1, -0.05) is 175 Å². The molecule has 1 aliphatic carbocycles. The smallest absolute Gasteiger partial charge is 0.268 e. The molecule has 3 aromatic heterocycles. The van der Waals surface area contributed by atoms with Crippen LogP contribution in [-0.2, 0) is 38.3 Å². The molecule has 11 aromatic rings. The van der Waals surface area contributed by atoms with Gasteiger partial charge in [0.15, 0.2) is 0 Å². The van der Waals surface area contributed by atoms with Crippen molar-refractivity contribution in [2.75, 3.05) is 0 Å². The minimum absolute atomic E-state index is 0. The molecule has 0 radical (unpaired) electrons. The Bertz CT molecular complexity index is 4650. The Morgan fingerprint density at radius 2 is 1.29 bits per heavy atom. The van der Waals surface area contributed by atoms with Crippen LogP contribution in [0.5, 0.6) is 11.5 Å². The van der Waals surface area contributed by atoms with Crippen molar-refractivity contribution in [3.05, 3.63) is 211 Å². The molecule has 0 unspecified atom stereocenters. The summed E-state index contributed by atoms with van der Waals surface area (Å²) in [5.74, 6) is 1.50. The summed E-state index contributed by atoms with van der Waals surface area (Å²) < 4.78 is 117. The van der Waals surface area contributed by atoms with Gasteiger partial charge in [-0.05, 0) is 126 Å². The van der Waals surface area contributed by atoms with Gasteiger partial charge in [-0.25, -0.2) is 4.98 Å². The first-order chi connectivity index (χ1) is 39.4. The normalized spacial score (nSPS) is 16.4. The summed E-state index contributed by atoms with van der Waals surface area (Å²) in [7, 11) is 0. The summed E-state index contributed by atoms with van der Waals surface area (Å²) >= 11 is 0. The first-order valence-electron chi connectivity index (χ1n) is 30.0. The van der Waals surface area contributed by atoms with Gasteiger partial charge in [-0.3, -0.25) is 4.57 Å². The minimum Gasteiger partial charge on any atom is -0.510 e. The molecule has 0 atom stereocenters. The van der Waals surface area contributed by atoms with E-state index in [1.165, 1.54) is 0 Å². The number of hydrogen-bond donors (Lipinski definition) is 0. The number of rotatable bonds is 6. The van der Waals surface area contributed by atoms with Crippen LogP contribution in [0.1, 0.15) is 93.1 Å². The van der Waals surface area contributed by atoms with Gasteiger partial charge >= 0.3 is 0 Å². The zero-order valence-electron chi connectivity index (χ0n) is 52.5. The molecule has 6 heteroatoms. The Hall–Kier alpha value is -7.33. The summed E-state index contributed by atoms with van der Waals surface area (Å²) in [6.45, 7) is 14.9. The Kier molecular flexibility index (Phi) is 8.53. The maximum absolute atomic E-state index is 10.2. The van der Waals surface area contributed by atoms with Gasteiger partial charge in [0.1, 0.15) is 5.82 Å². The molecule has 0 spiro atoms. The summed E-state index contributed by atoms with van der Waals surface area (Å²) in [5.41, 5.74) is 5.34. The second-order valence-electron chi connectivity index (χ2n) is 21.6. The topological polar surface area (TPSA) is 35.9 Å². The van der Waals surface area contributed by atoms with Gasteiger partial charge in [0.25, 0.3) is 6.33 Å². The molecule has 73 heavy (non-hydrogen) atoms. The van der Waals surface area contributed by atoms with E-state index in [0.29, 0.717) is 44.9 Å². The second kappa shape index (κ2) is 17.4. The van der Waals surface area contributed by atoms with Crippen molar-refractivity contribution in [3.63, 3.8) is 0 Å². The van der Waals surface area contributed by atoms with Crippen LogP contribution < -0.4 is 9.30 Å². The third kappa shape index (κ3) is 7.87. The van der Waals surface area contributed by atoms with Gasteiger partial charge in [-0.15, -0.1) is 29.7 Å². The third-order valence-corrected chi connectivity index (χ3v) is 14.5. The first-order valence-corrected chi connectivity index (χ1v) is 24.5. The summed E-state index contributed by atoms with van der Waals surface area (Å²) in [6, 6.07) is 34.8. The average molecular weight is 1140 g/mol. The van der Waals surface area contributed by atoms with Crippen LogP contribution in [0.2, 0.25) is 0 Å². The zero-order chi connectivity index (χ0) is 58.7. The van der Waals surface area contributed by atoms with E-state index in [4.69, 9.17) is 15.2 Å². The predicted molar refractivity (Wildman–Crippen MR) is 294 cm³/mol. The van der Waals surface area contributed by atoms with Crippen molar-refractivity contribution >= 4 is 32.8 Å². The van der Waals surface area contributed by atoms with Crippen molar-refractivity contribution in [2.45, 2.75) is 78.6 Å². The molecular formula is C67H56N4OPt-2. The van der Waals surface area contributed by atoms with E-state index >= 15 is 0 Å². The van der Waals surface area contributed by atoms with Gasteiger partial charge in [-0.2, -0.15) is 18.2 Å². The first kappa shape index (κ1) is 35.7. The number of ether oxygens (including phenoxy) is 1. The van der Waals surface area contributed by atoms with Gasteiger partial charge in [0.2, 0.25) is 0 Å². The number of para-hydroxylation sites is 3. The molecule has 0 fully saturated rings. The van der Waals surface area contributed by atoms with E-state index in [0.717, 1.165) is 52.4 Å². The zero-order valence-corrected chi connectivity index (χ0v) is 43.8. The molecule has 13 rings (SSSR count). The van der Waals surface area contributed by atoms with Gasteiger partial charge in [0, 0.05) is 44.3 Å². The molecule has 0 amide bonds. The van der Waals surface area contributed by atoms with Crippen LogP contribution in [0.3, 0.4) is 0 Å². The summed E-state index contributed by atoms with van der Waals surface area (Å²) in [5, 5.41) is 2.00. The maximum Gasteiger partial charge on any atom is 0.268 e. The second-order valence-corrected chi connectivity index (χ2v) is 21.6. The number of pyridine rings is 1. The third-order valence-electron chi connectivity index (χ3n) is 14.5. The van der Waals surface area contributed by atoms with E-state index in [9.17, 15) is 9.60 Å². The van der Waals surface area contributed by atoms with Crippen LogP contribution >= 0.6 is 0 Å². The van der Waals surface area contributed by atoms with E-state index in [2.05, 4.69) is 81.9 Å². The van der Waals surface area contributed by atoms with Gasteiger partial charge < -0.3 is 13.9 Å². The number of aromatic nitrogens is 4. The van der Waals surface area contributed by atoms with Crippen molar-refractivity contribution in [2.24, 2.45) is 5.41 Å². The monoisotopic (exact) mass is 1140 g/mol. The van der Waals surface area contributed by atoms with E-state index < -0.39 is 59.2 Å². The van der Waals surface area contributed by atoms with Crippen molar-refractivity contribution in [3.8, 4) is 73.2 Å². The Labute approximate surface area is 458 Å². The van der Waals surface area contributed by atoms with E-state index in [1.54, 1.807) is 45.5 Å². The Morgan fingerprint density at radius 1 is 0.644 bits per heavy atom. The Morgan fingerprint density at radius 3 is 2.05 bits per heavy atom. The predicted octanol–water partition coefficient (Wildman–Crippen LogP) is 16.5. The maximum atomic E-state index is 10.2. The molecule has 0 bridgehead atoms. The van der Waals surface area contributed by atoms with Crippen LogP contribution in [-0.4, -0.2) is 14.1 Å². The number of fused-ring (bicyclic) bond motifs is 11.